The zero-order valence-corrected chi connectivity index (χ0v) is 18.6. The Morgan fingerprint density at radius 1 is 0.879 bits per heavy atom. The number of ether oxygens (including phenoxy) is 1. The van der Waals surface area contributed by atoms with Crippen LogP contribution in [0.25, 0.3) is 33.7 Å². The molecule has 3 heterocycles. The zero-order valence-electron chi connectivity index (χ0n) is 18.6. The third-order valence-electron chi connectivity index (χ3n) is 5.21. The normalized spacial score (nSPS) is 11.2. The first-order chi connectivity index (χ1) is 16.1. The van der Waals surface area contributed by atoms with Crippen molar-refractivity contribution >= 4 is 10.9 Å². The van der Waals surface area contributed by atoms with Crippen molar-refractivity contribution in [3.8, 4) is 28.6 Å². The Bertz CT molecular complexity index is 1360. The Morgan fingerprint density at radius 2 is 1.70 bits per heavy atom. The van der Waals surface area contributed by atoms with E-state index in [4.69, 9.17) is 14.1 Å². The Labute approximate surface area is 192 Å². The first kappa shape index (κ1) is 20.8. The second kappa shape index (κ2) is 9.22. The Hall–Kier alpha value is -4.03. The predicted molar refractivity (Wildman–Crippen MR) is 129 cm³/mol. The Kier molecular flexibility index (Phi) is 5.83. The molecule has 5 rings (SSSR count). The fourth-order valence-electron chi connectivity index (χ4n) is 3.56. The van der Waals surface area contributed by atoms with Crippen LogP contribution < -0.4 is 4.74 Å². The van der Waals surface area contributed by atoms with Gasteiger partial charge in [0, 0.05) is 17.1 Å². The van der Waals surface area contributed by atoms with E-state index < -0.39 is 0 Å². The summed E-state index contributed by atoms with van der Waals surface area (Å²) in [6.07, 6.45) is 3.59. The van der Waals surface area contributed by atoms with Gasteiger partial charge in [0.15, 0.2) is 11.6 Å². The predicted octanol–water partition coefficient (Wildman–Crippen LogP) is 5.59. The summed E-state index contributed by atoms with van der Waals surface area (Å²) in [5, 5.41) is 0.914. The smallest absolute Gasteiger partial charge is 0.159 e. The maximum Gasteiger partial charge on any atom is 0.159 e. The first-order valence-electron chi connectivity index (χ1n) is 10.8. The molecule has 0 radical (unpaired) electrons. The standard InChI is InChI=1S/C27H24N4O2/c1-31(2)17-23-12-13-26(33-23)24-14-21-15-29-27(30-25(21)16-28-24)20-8-10-22(11-9-20)32-18-19-6-4-3-5-7-19/h3-16H,17-18H2,1-2H3. The number of pyridine rings is 1. The molecule has 2 aromatic carbocycles. The number of fused-ring (bicyclic) bond motifs is 1. The summed E-state index contributed by atoms with van der Waals surface area (Å²) < 4.78 is 11.8. The lowest BCUT2D eigenvalue weighted by Crippen LogP contribution is -2.09. The van der Waals surface area contributed by atoms with Gasteiger partial charge in [-0.05, 0) is 62.1 Å². The van der Waals surface area contributed by atoms with E-state index in [0.717, 1.165) is 51.5 Å². The van der Waals surface area contributed by atoms with Crippen LogP contribution in [0.2, 0.25) is 0 Å². The topological polar surface area (TPSA) is 64.3 Å². The number of benzene rings is 2. The van der Waals surface area contributed by atoms with Gasteiger partial charge in [0.25, 0.3) is 0 Å². The average Bonchev–Trinajstić information content (AvgIpc) is 3.31. The minimum absolute atomic E-state index is 0.535. The second-order valence-electron chi connectivity index (χ2n) is 8.12. The van der Waals surface area contributed by atoms with Crippen LogP contribution >= 0.6 is 0 Å². The summed E-state index contributed by atoms with van der Waals surface area (Å²) in [6.45, 7) is 1.28. The van der Waals surface area contributed by atoms with Crippen LogP contribution in [0.1, 0.15) is 11.3 Å². The molecule has 164 valence electrons. The molecular weight excluding hydrogens is 412 g/mol. The van der Waals surface area contributed by atoms with Crippen LogP contribution in [-0.2, 0) is 13.2 Å². The Morgan fingerprint density at radius 3 is 2.48 bits per heavy atom. The lowest BCUT2D eigenvalue weighted by Gasteiger charge is -2.08. The van der Waals surface area contributed by atoms with E-state index in [1.165, 1.54) is 0 Å². The monoisotopic (exact) mass is 436 g/mol. The zero-order chi connectivity index (χ0) is 22.6. The first-order valence-corrected chi connectivity index (χ1v) is 10.8. The van der Waals surface area contributed by atoms with Crippen molar-refractivity contribution in [1.82, 2.24) is 19.9 Å². The minimum atomic E-state index is 0.535. The second-order valence-corrected chi connectivity index (χ2v) is 8.12. The van der Waals surface area contributed by atoms with E-state index in [2.05, 4.69) is 14.9 Å². The Balaban J connectivity index is 1.32. The quantitative estimate of drug-likeness (QED) is 0.331. The molecule has 33 heavy (non-hydrogen) atoms. The maximum absolute atomic E-state index is 5.92. The molecule has 0 spiro atoms. The highest BCUT2D eigenvalue weighted by atomic mass is 16.5. The molecular formula is C27H24N4O2. The summed E-state index contributed by atoms with van der Waals surface area (Å²) in [5.74, 6) is 3.10. The molecule has 0 aliphatic rings. The number of aromatic nitrogens is 3. The highest BCUT2D eigenvalue weighted by Gasteiger charge is 2.10. The molecule has 5 aromatic rings. The number of hydrogen-bond acceptors (Lipinski definition) is 6. The van der Waals surface area contributed by atoms with E-state index >= 15 is 0 Å². The van der Waals surface area contributed by atoms with Crippen molar-refractivity contribution in [2.45, 2.75) is 13.2 Å². The SMILES string of the molecule is CN(C)Cc1ccc(-c2cc3cnc(-c4ccc(OCc5ccccc5)cc4)nc3cn2)o1. The van der Waals surface area contributed by atoms with Crippen LogP contribution in [0.3, 0.4) is 0 Å². The fourth-order valence-corrected chi connectivity index (χ4v) is 3.56. The van der Waals surface area contributed by atoms with E-state index in [-0.39, 0.29) is 0 Å². The summed E-state index contributed by atoms with van der Waals surface area (Å²) in [5.41, 5.74) is 3.61. The number of hydrogen-bond donors (Lipinski definition) is 0. The van der Waals surface area contributed by atoms with Crippen LogP contribution in [0.5, 0.6) is 5.75 Å². The maximum atomic E-state index is 5.92. The summed E-state index contributed by atoms with van der Waals surface area (Å²) in [7, 11) is 4.02. The van der Waals surface area contributed by atoms with Crippen molar-refractivity contribution < 1.29 is 9.15 Å². The fraction of sp³-hybridized carbons (Fsp3) is 0.148. The van der Waals surface area contributed by atoms with Crippen LogP contribution in [0.15, 0.2) is 89.6 Å². The van der Waals surface area contributed by atoms with E-state index in [0.29, 0.717) is 12.4 Å². The van der Waals surface area contributed by atoms with E-state index in [1.54, 1.807) is 6.20 Å². The van der Waals surface area contributed by atoms with E-state index in [9.17, 15) is 0 Å². The van der Waals surface area contributed by atoms with Gasteiger partial charge in [-0.25, -0.2) is 9.97 Å². The van der Waals surface area contributed by atoms with Crippen molar-refractivity contribution in [1.29, 1.82) is 0 Å². The van der Waals surface area contributed by atoms with Crippen molar-refractivity contribution in [3.05, 3.63) is 96.5 Å². The molecule has 0 bridgehead atoms. The average molecular weight is 437 g/mol. The number of nitrogens with zero attached hydrogens (tertiary/aromatic N) is 4. The molecule has 0 atom stereocenters. The number of furan rings is 1. The van der Waals surface area contributed by atoms with Gasteiger partial charge in [0.2, 0.25) is 0 Å². The molecule has 0 N–H and O–H groups in total. The highest BCUT2D eigenvalue weighted by Crippen LogP contribution is 2.26. The molecule has 0 saturated carbocycles. The largest absolute Gasteiger partial charge is 0.489 e. The molecule has 3 aromatic heterocycles. The molecule has 6 heteroatoms. The van der Waals surface area contributed by atoms with Gasteiger partial charge in [-0.15, -0.1) is 0 Å². The number of rotatable bonds is 7. The molecule has 0 unspecified atom stereocenters. The van der Waals surface area contributed by atoms with Gasteiger partial charge in [0.1, 0.15) is 23.8 Å². The van der Waals surface area contributed by atoms with Gasteiger partial charge in [-0.1, -0.05) is 30.3 Å². The third kappa shape index (κ3) is 4.91. The third-order valence-corrected chi connectivity index (χ3v) is 5.21. The summed E-state index contributed by atoms with van der Waals surface area (Å²) in [4.78, 5) is 15.9. The van der Waals surface area contributed by atoms with Crippen LogP contribution in [0.4, 0.5) is 0 Å². The van der Waals surface area contributed by atoms with Gasteiger partial charge in [0.05, 0.1) is 18.3 Å². The lowest BCUT2D eigenvalue weighted by molar-refractivity contribution is 0.306. The van der Waals surface area contributed by atoms with Crippen molar-refractivity contribution in [2.75, 3.05) is 14.1 Å². The van der Waals surface area contributed by atoms with Gasteiger partial charge >= 0.3 is 0 Å². The molecule has 0 aliphatic heterocycles. The summed E-state index contributed by atoms with van der Waals surface area (Å²) >= 11 is 0. The molecule has 0 saturated heterocycles. The molecule has 6 nitrogen and oxygen atoms in total. The summed E-state index contributed by atoms with van der Waals surface area (Å²) in [6, 6.07) is 23.8. The van der Waals surface area contributed by atoms with Gasteiger partial charge in [-0.2, -0.15) is 0 Å². The highest BCUT2D eigenvalue weighted by molar-refractivity contribution is 5.82. The molecule has 0 amide bonds. The lowest BCUT2D eigenvalue weighted by atomic mass is 10.2. The molecule has 0 fully saturated rings. The van der Waals surface area contributed by atoms with Crippen LogP contribution in [-0.4, -0.2) is 33.9 Å². The van der Waals surface area contributed by atoms with Crippen LogP contribution in [0, 0.1) is 0 Å². The van der Waals surface area contributed by atoms with Crippen molar-refractivity contribution in [2.24, 2.45) is 0 Å². The van der Waals surface area contributed by atoms with Gasteiger partial charge < -0.3 is 14.1 Å². The van der Waals surface area contributed by atoms with E-state index in [1.807, 2.05) is 93.1 Å². The minimum Gasteiger partial charge on any atom is -0.489 e. The van der Waals surface area contributed by atoms with Gasteiger partial charge in [-0.3, -0.25) is 4.98 Å². The molecule has 0 aliphatic carbocycles. The van der Waals surface area contributed by atoms with Crippen molar-refractivity contribution in [3.63, 3.8) is 0 Å².